The highest BCUT2D eigenvalue weighted by Crippen LogP contribution is 2.28. The van der Waals surface area contributed by atoms with Crippen molar-refractivity contribution in [2.75, 3.05) is 18.0 Å². The normalized spacial score (nSPS) is 16.6. The van der Waals surface area contributed by atoms with Crippen LogP contribution in [0.15, 0.2) is 47.6 Å². The largest absolute Gasteiger partial charge is 0.372 e. The van der Waals surface area contributed by atoms with Crippen LogP contribution in [0.2, 0.25) is 0 Å². The molecule has 0 spiro atoms. The number of hydrogen-bond acceptors (Lipinski definition) is 2. The van der Waals surface area contributed by atoms with Gasteiger partial charge in [0.1, 0.15) is 0 Å². The quantitative estimate of drug-likeness (QED) is 0.512. The van der Waals surface area contributed by atoms with Gasteiger partial charge in [0.25, 0.3) is 0 Å². The maximum absolute atomic E-state index is 4.19. The molecular formula is C20H28N2. The number of anilines is 1. The third-order valence-electron chi connectivity index (χ3n) is 4.48. The van der Waals surface area contributed by atoms with Crippen molar-refractivity contribution < 1.29 is 0 Å². The van der Waals surface area contributed by atoms with E-state index in [9.17, 15) is 0 Å². The lowest BCUT2D eigenvalue weighted by Crippen LogP contribution is -2.32. The second-order valence-corrected chi connectivity index (χ2v) is 6.30. The van der Waals surface area contributed by atoms with E-state index in [2.05, 4.69) is 61.3 Å². The zero-order chi connectivity index (χ0) is 15.9. The number of rotatable bonds is 6. The standard InChI is InChI=1S/C20H28N2/c1-5-6-17(3)20(15-21-4)18-7-9-19(10-8-18)22-13-11-16(2)12-14-22/h7-10,15-16H,3-6,11-14H2,1-2H3/b20-15+. The number of hydrogen-bond donors (Lipinski definition) is 0. The van der Waals surface area contributed by atoms with Crippen molar-refractivity contribution in [3.63, 3.8) is 0 Å². The fourth-order valence-electron chi connectivity index (χ4n) is 3.02. The number of benzene rings is 1. The zero-order valence-electron chi connectivity index (χ0n) is 14.0. The Kier molecular flexibility index (Phi) is 6.00. The van der Waals surface area contributed by atoms with Gasteiger partial charge >= 0.3 is 0 Å². The van der Waals surface area contributed by atoms with Gasteiger partial charge in [0, 0.05) is 30.5 Å². The van der Waals surface area contributed by atoms with Gasteiger partial charge in [0.2, 0.25) is 0 Å². The van der Waals surface area contributed by atoms with Crippen molar-refractivity contribution in [2.45, 2.75) is 39.5 Å². The summed E-state index contributed by atoms with van der Waals surface area (Å²) in [5, 5.41) is 0. The van der Waals surface area contributed by atoms with Gasteiger partial charge in [0.15, 0.2) is 0 Å². The average molecular weight is 296 g/mol. The van der Waals surface area contributed by atoms with E-state index in [1.807, 2.05) is 6.20 Å². The molecule has 2 rings (SSSR count). The molecule has 0 N–H and O–H groups in total. The second kappa shape index (κ2) is 7.98. The second-order valence-electron chi connectivity index (χ2n) is 6.30. The Morgan fingerprint density at radius 3 is 2.45 bits per heavy atom. The highest BCUT2D eigenvalue weighted by atomic mass is 15.1. The summed E-state index contributed by atoms with van der Waals surface area (Å²) in [6, 6.07) is 8.82. The van der Waals surface area contributed by atoms with E-state index in [1.165, 1.54) is 37.2 Å². The molecule has 2 nitrogen and oxygen atoms in total. The predicted octanol–water partition coefficient (Wildman–Crippen LogP) is 5.32. The fraction of sp³-hybridized carbons (Fsp3) is 0.450. The number of aliphatic imine (C=N–C) groups is 1. The van der Waals surface area contributed by atoms with Gasteiger partial charge in [-0.2, -0.15) is 0 Å². The first-order valence-electron chi connectivity index (χ1n) is 8.35. The first-order chi connectivity index (χ1) is 10.7. The van der Waals surface area contributed by atoms with Gasteiger partial charge in [-0.1, -0.05) is 39.0 Å². The van der Waals surface area contributed by atoms with Crippen molar-refractivity contribution in [3.05, 3.63) is 48.2 Å². The minimum absolute atomic E-state index is 0.862. The molecule has 0 bridgehead atoms. The molecule has 1 fully saturated rings. The lowest BCUT2D eigenvalue weighted by atomic mass is 9.95. The van der Waals surface area contributed by atoms with Crippen LogP contribution in [0.3, 0.4) is 0 Å². The average Bonchev–Trinajstić information content (AvgIpc) is 2.54. The summed E-state index contributed by atoms with van der Waals surface area (Å²) in [4.78, 5) is 6.44. The third kappa shape index (κ3) is 4.09. The van der Waals surface area contributed by atoms with Gasteiger partial charge in [-0.15, -0.1) is 0 Å². The molecule has 1 aliphatic heterocycles. The van der Waals surface area contributed by atoms with Crippen LogP contribution in [0.5, 0.6) is 0 Å². The first kappa shape index (κ1) is 16.5. The number of allylic oxidation sites excluding steroid dienone is 2. The fourth-order valence-corrected chi connectivity index (χ4v) is 3.02. The van der Waals surface area contributed by atoms with Gasteiger partial charge in [-0.25, -0.2) is 0 Å². The van der Waals surface area contributed by atoms with Crippen molar-refractivity contribution >= 4 is 18.0 Å². The van der Waals surface area contributed by atoms with E-state index in [-0.39, 0.29) is 0 Å². The van der Waals surface area contributed by atoms with E-state index in [0.29, 0.717) is 0 Å². The molecule has 1 saturated heterocycles. The smallest absolute Gasteiger partial charge is 0.0366 e. The summed E-state index contributed by atoms with van der Waals surface area (Å²) in [5.41, 5.74) is 4.74. The topological polar surface area (TPSA) is 15.6 Å². The molecule has 0 aromatic heterocycles. The monoisotopic (exact) mass is 296 g/mol. The lowest BCUT2D eigenvalue weighted by Gasteiger charge is -2.32. The summed E-state index contributed by atoms with van der Waals surface area (Å²) in [6.45, 7) is 14.6. The Morgan fingerprint density at radius 1 is 1.27 bits per heavy atom. The molecule has 1 aromatic carbocycles. The molecule has 0 amide bonds. The van der Waals surface area contributed by atoms with Crippen LogP contribution in [-0.4, -0.2) is 19.8 Å². The molecule has 1 aromatic rings. The highest BCUT2D eigenvalue weighted by molar-refractivity contribution is 5.79. The molecule has 0 aliphatic carbocycles. The van der Waals surface area contributed by atoms with Crippen molar-refractivity contribution in [2.24, 2.45) is 10.9 Å². The minimum Gasteiger partial charge on any atom is -0.372 e. The van der Waals surface area contributed by atoms with Crippen molar-refractivity contribution in [1.82, 2.24) is 0 Å². The Balaban J connectivity index is 2.14. The Bertz CT molecular complexity index is 531. The molecule has 118 valence electrons. The predicted molar refractivity (Wildman–Crippen MR) is 98.6 cm³/mol. The van der Waals surface area contributed by atoms with Crippen LogP contribution in [0.25, 0.3) is 5.57 Å². The molecular weight excluding hydrogens is 268 g/mol. The Morgan fingerprint density at radius 2 is 1.91 bits per heavy atom. The number of piperidine rings is 1. The van der Waals surface area contributed by atoms with Gasteiger partial charge in [-0.3, -0.25) is 4.99 Å². The van der Waals surface area contributed by atoms with Gasteiger partial charge < -0.3 is 4.90 Å². The highest BCUT2D eigenvalue weighted by Gasteiger charge is 2.16. The van der Waals surface area contributed by atoms with Crippen LogP contribution < -0.4 is 4.90 Å². The van der Waals surface area contributed by atoms with Crippen LogP contribution in [0, 0.1) is 5.92 Å². The minimum atomic E-state index is 0.862. The van der Waals surface area contributed by atoms with Crippen LogP contribution >= 0.6 is 0 Å². The Hall–Kier alpha value is -1.83. The molecule has 22 heavy (non-hydrogen) atoms. The summed E-state index contributed by atoms with van der Waals surface area (Å²) < 4.78 is 0. The molecule has 0 saturated carbocycles. The van der Waals surface area contributed by atoms with Crippen LogP contribution in [0.1, 0.15) is 45.1 Å². The molecule has 2 heteroatoms. The molecule has 1 heterocycles. The maximum atomic E-state index is 4.19. The van der Waals surface area contributed by atoms with E-state index >= 15 is 0 Å². The molecule has 1 aliphatic rings. The van der Waals surface area contributed by atoms with E-state index < -0.39 is 0 Å². The Labute approximate surface area is 135 Å². The van der Waals surface area contributed by atoms with E-state index in [0.717, 1.165) is 29.9 Å². The van der Waals surface area contributed by atoms with Gasteiger partial charge in [-0.05, 0) is 55.2 Å². The molecule has 0 radical (unpaired) electrons. The molecule has 0 unspecified atom stereocenters. The van der Waals surface area contributed by atoms with Gasteiger partial charge in [0.05, 0.1) is 0 Å². The SMILES string of the molecule is C=N/C=C(\C(=C)CCC)c1ccc(N2CCC(C)CC2)cc1. The van der Waals surface area contributed by atoms with E-state index in [4.69, 9.17) is 0 Å². The third-order valence-corrected chi connectivity index (χ3v) is 4.48. The van der Waals surface area contributed by atoms with Crippen molar-refractivity contribution in [3.8, 4) is 0 Å². The zero-order valence-corrected chi connectivity index (χ0v) is 14.0. The maximum Gasteiger partial charge on any atom is 0.0366 e. The summed E-state index contributed by atoms with van der Waals surface area (Å²) in [7, 11) is 0. The summed E-state index contributed by atoms with van der Waals surface area (Å²) >= 11 is 0. The van der Waals surface area contributed by atoms with E-state index in [1.54, 1.807) is 0 Å². The first-order valence-corrected chi connectivity index (χ1v) is 8.35. The molecule has 0 atom stereocenters. The van der Waals surface area contributed by atoms with Crippen molar-refractivity contribution in [1.29, 1.82) is 0 Å². The summed E-state index contributed by atoms with van der Waals surface area (Å²) in [6.07, 6.45) is 6.50. The van der Waals surface area contributed by atoms with Crippen LogP contribution in [-0.2, 0) is 0 Å². The number of nitrogens with zero attached hydrogens (tertiary/aromatic N) is 2. The van der Waals surface area contributed by atoms with Crippen LogP contribution in [0.4, 0.5) is 5.69 Å². The summed E-state index contributed by atoms with van der Waals surface area (Å²) in [5.74, 6) is 0.862. The lowest BCUT2D eigenvalue weighted by molar-refractivity contribution is 0.438.